The molecule has 2 rings (SSSR count). The van der Waals surface area contributed by atoms with E-state index in [-0.39, 0.29) is 0 Å². The molecule has 0 fully saturated rings. The molecule has 3 nitrogen and oxygen atoms in total. The molecule has 1 aromatic heterocycles. The Kier molecular flexibility index (Phi) is 3.07. The van der Waals surface area contributed by atoms with E-state index in [2.05, 4.69) is 21.0 Å². The number of nitrogens with zero attached hydrogens (tertiary/aromatic N) is 2. The minimum atomic E-state index is -0.673. The van der Waals surface area contributed by atoms with Crippen LogP contribution in [0.5, 0.6) is 0 Å². The van der Waals surface area contributed by atoms with E-state index in [4.69, 9.17) is 0 Å². The fourth-order valence-corrected chi connectivity index (χ4v) is 1.69. The second-order valence-corrected chi connectivity index (χ2v) is 4.41. The largest absolute Gasteiger partial charge is 0.389 e. The molecular formula is C11H10BrFN2O. The number of hydrogen-bond donors (Lipinski definition) is 1. The van der Waals surface area contributed by atoms with Crippen LogP contribution in [0.1, 0.15) is 18.6 Å². The summed E-state index contributed by atoms with van der Waals surface area (Å²) in [6, 6.07) is 4.59. The van der Waals surface area contributed by atoms with Gasteiger partial charge in [-0.1, -0.05) is 6.07 Å². The van der Waals surface area contributed by atoms with Crippen LogP contribution in [-0.4, -0.2) is 14.9 Å². The quantitative estimate of drug-likeness (QED) is 0.921. The summed E-state index contributed by atoms with van der Waals surface area (Å²) in [7, 11) is 0. The van der Waals surface area contributed by atoms with Gasteiger partial charge in [-0.05, 0) is 40.5 Å². The van der Waals surface area contributed by atoms with Crippen LogP contribution in [0.4, 0.5) is 4.39 Å². The number of rotatable bonds is 2. The lowest BCUT2D eigenvalue weighted by Crippen LogP contribution is -2.00. The van der Waals surface area contributed by atoms with Crippen LogP contribution < -0.4 is 0 Å². The number of aromatic nitrogens is 2. The lowest BCUT2D eigenvalue weighted by molar-refractivity contribution is 0.199. The third-order valence-electron chi connectivity index (χ3n) is 2.25. The van der Waals surface area contributed by atoms with Gasteiger partial charge in [0.05, 0.1) is 16.8 Å². The summed E-state index contributed by atoms with van der Waals surface area (Å²) in [5.74, 6) is -0.408. The van der Waals surface area contributed by atoms with Gasteiger partial charge in [-0.3, -0.25) is 0 Å². The highest BCUT2D eigenvalue weighted by molar-refractivity contribution is 9.10. The molecular weight excluding hydrogens is 275 g/mol. The first-order valence-corrected chi connectivity index (χ1v) is 5.55. The van der Waals surface area contributed by atoms with Gasteiger partial charge in [0, 0.05) is 6.20 Å². The van der Waals surface area contributed by atoms with E-state index >= 15 is 0 Å². The van der Waals surface area contributed by atoms with Crippen LogP contribution in [0.25, 0.3) is 5.69 Å². The van der Waals surface area contributed by atoms with Crippen LogP contribution in [0.15, 0.2) is 35.1 Å². The number of aliphatic hydroxyl groups excluding tert-OH is 1. The average Bonchev–Trinajstić information content (AvgIpc) is 2.64. The van der Waals surface area contributed by atoms with E-state index < -0.39 is 11.9 Å². The van der Waals surface area contributed by atoms with Gasteiger partial charge in [0.25, 0.3) is 0 Å². The highest BCUT2D eigenvalue weighted by atomic mass is 79.9. The zero-order chi connectivity index (χ0) is 11.7. The Balaban J connectivity index is 2.44. The molecule has 0 aliphatic heterocycles. The summed E-state index contributed by atoms with van der Waals surface area (Å²) in [6.45, 7) is 1.60. The summed E-state index contributed by atoms with van der Waals surface area (Å²) in [5.41, 5.74) is 0.905. The smallest absolute Gasteiger partial charge is 0.149 e. The molecule has 0 amide bonds. The van der Waals surface area contributed by atoms with Crippen LogP contribution in [0, 0.1) is 5.82 Å². The molecule has 0 aliphatic rings. The number of halogens is 2. The van der Waals surface area contributed by atoms with Crippen molar-refractivity contribution in [1.29, 1.82) is 0 Å². The monoisotopic (exact) mass is 284 g/mol. The lowest BCUT2D eigenvalue weighted by Gasteiger charge is -2.07. The molecule has 0 radical (unpaired) electrons. The first-order chi connectivity index (χ1) is 7.58. The molecule has 16 heavy (non-hydrogen) atoms. The van der Waals surface area contributed by atoms with Gasteiger partial charge >= 0.3 is 0 Å². The van der Waals surface area contributed by atoms with E-state index in [9.17, 15) is 9.50 Å². The van der Waals surface area contributed by atoms with Crippen LogP contribution in [0.3, 0.4) is 0 Å². The van der Waals surface area contributed by atoms with Crippen molar-refractivity contribution in [3.63, 3.8) is 0 Å². The fraction of sp³-hybridized carbons (Fsp3) is 0.182. The van der Waals surface area contributed by atoms with Crippen molar-refractivity contribution >= 4 is 15.9 Å². The Labute approximate surface area is 101 Å². The minimum Gasteiger partial charge on any atom is -0.389 e. The lowest BCUT2D eigenvalue weighted by atomic mass is 10.1. The summed E-state index contributed by atoms with van der Waals surface area (Å²) >= 11 is 3.25. The first kappa shape index (κ1) is 11.3. The maximum atomic E-state index is 13.7. The molecule has 2 aromatic rings. The molecule has 5 heteroatoms. The molecule has 0 saturated carbocycles. The van der Waals surface area contributed by atoms with Crippen molar-refractivity contribution in [3.8, 4) is 5.69 Å². The Morgan fingerprint density at radius 3 is 2.75 bits per heavy atom. The Hall–Kier alpha value is -1.20. The Morgan fingerprint density at radius 1 is 1.50 bits per heavy atom. The third kappa shape index (κ3) is 2.15. The summed E-state index contributed by atoms with van der Waals surface area (Å²) in [5, 5.41) is 13.3. The molecule has 1 atom stereocenters. The van der Waals surface area contributed by atoms with Crippen molar-refractivity contribution < 1.29 is 9.50 Å². The number of aliphatic hydroxyl groups is 1. The molecule has 0 saturated heterocycles. The Morgan fingerprint density at radius 2 is 2.25 bits per heavy atom. The third-order valence-corrected chi connectivity index (χ3v) is 2.66. The van der Waals surface area contributed by atoms with E-state index in [0.717, 1.165) is 4.47 Å². The number of benzene rings is 1. The SMILES string of the molecule is C[C@H](O)c1ccc(-n2cc(Br)cn2)c(F)c1. The van der Waals surface area contributed by atoms with E-state index in [0.29, 0.717) is 11.3 Å². The van der Waals surface area contributed by atoms with Crippen molar-refractivity contribution in [2.45, 2.75) is 13.0 Å². The van der Waals surface area contributed by atoms with Crippen LogP contribution >= 0.6 is 15.9 Å². The topological polar surface area (TPSA) is 38.0 Å². The normalized spacial score (nSPS) is 12.8. The highest BCUT2D eigenvalue weighted by Gasteiger charge is 2.09. The molecule has 0 bridgehead atoms. The van der Waals surface area contributed by atoms with Crippen molar-refractivity contribution in [1.82, 2.24) is 9.78 Å². The van der Waals surface area contributed by atoms with Crippen molar-refractivity contribution in [2.24, 2.45) is 0 Å². The molecule has 1 heterocycles. The Bertz CT molecular complexity index is 510. The molecule has 1 aromatic carbocycles. The van der Waals surface area contributed by atoms with Crippen molar-refractivity contribution in [2.75, 3.05) is 0 Å². The van der Waals surface area contributed by atoms with Gasteiger partial charge in [0.15, 0.2) is 0 Å². The summed E-state index contributed by atoms with van der Waals surface area (Å²) < 4.78 is 15.9. The van der Waals surface area contributed by atoms with Gasteiger partial charge in [-0.15, -0.1) is 0 Å². The standard InChI is InChI=1S/C11H10BrFN2O/c1-7(16)8-2-3-11(10(13)4-8)15-6-9(12)5-14-15/h2-7,16H,1H3/t7-/m0/s1. The maximum Gasteiger partial charge on any atom is 0.149 e. The van der Waals surface area contributed by atoms with Gasteiger partial charge < -0.3 is 5.11 Å². The predicted octanol–water partition coefficient (Wildman–Crippen LogP) is 2.83. The zero-order valence-corrected chi connectivity index (χ0v) is 10.1. The van der Waals surface area contributed by atoms with E-state index in [1.165, 1.54) is 10.7 Å². The number of hydrogen-bond acceptors (Lipinski definition) is 2. The second kappa shape index (κ2) is 4.35. The van der Waals surface area contributed by atoms with Gasteiger partial charge in [0.2, 0.25) is 0 Å². The molecule has 84 valence electrons. The predicted molar refractivity (Wildman–Crippen MR) is 61.9 cm³/mol. The highest BCUT2D eigenvalue weighted by Crippen LogP contribution is 2.20. The second-order valence-electron chi connectivity index (χ2n) is 3.49. The minimum absolute atomic E-state index is 0.357. The maximum absolute atomic E-state index is 13.7. The van der Waals surface area contributed by atoms with E-state index in [1.807, 2.05) is 0 Å². The summed E-state index contributed by atoms with van der Waals surface area (Å²) in [6.07, 6.45) is 2.58. The van der Waals surface area contributed by atoms with Crippen molar-refractivity contribution in [3.05, 3.63) is 46.4 Å². The zero-order valence-electron chi connectivity index (χ0n) is 8.56. The fourth-order valence-electron chi connectivity index (χ4n) is 1.40. The van der Waals surface area contributed by atoms with Crippen LogP contribution in [-0.2, 0) is 0 Å². The van der Waals surface area contributed by atoms with Gasteiger partial charge in [0.1, 0.15) is 11.5 Å². The van der Waals surface area contributed by atoms with Gasteiger partial charge in [-0.2, -0.15) is 5.10 Å². The van der Waals surface area contributed by atoms with Crippen LogP contribution in [0.2, 0.25) is 0 Å². The molecule has 0 aliphatic carbocycles. The van der Waals surface area contributed by atoms with Gasteiger partial charge in [-0.25, -0.2) is 9.07 Å². The average molecular weight is 285 g/mol. The van der Waals surface area contributed by atoms with E-state index in [1.54, 1.807) is 31.5 Å². The molecule has 1 N–H and O–H groups in total. The molecule has 0 unspecified atom stereocenters. The molecule has 0 spiro atoms. The first-order valence-electron chi connectivity index (χ1n) is 4.76. The summed E-state index contributed by atoms with van der Waals surface area (Å²) in [4.78, 5) is 0.